The Labute approximate surface area is 74.9 Å². The van der Waals surface area contributed by atoms with E-state index in [1.807, 2.05) is 0 Å². The van der Waals surface area contributed by atoms with Crippen molar-refractivity contribution in [1.82, 2.24) is 0 Å². The molecule has 0 bridgehead atoms. The van der Waals surface area contributed by atoms with Crippen LogP contribution in [0.15, 0.2) is 23.3 Å². The molecular weight excluding hydrogens is 172 g/mol. The Kier molecular flexibility index (Phi) is 5.88. The van der Waals surface area contributed by atoms with Gasteiger partial charge in [0.2, 0.25) is 0 Å². The van der Waals surface area contributed by atoms with Crippen LogP contribution in [0.25, 0.3) is 0 Å². The molecule has 0 saturated heterocycles. The Morgan fingerprint density at radius 2 is 1.15 bits per heavy atom. The van der Waals surface area contributed by atoms with Gasteiger partial charge in [-0.25, -0.2) is 0 Å². The summed E-state index contributed by atoms with van der Waals surface area (Å²) >= 11 is 0. The van der Waals surface area contributed by atoms with E-state index in [-0.39, 0.29) is 17.6 Å². The molecule has 0 aliphatic carbocycles. The predicted molar refractivity (Wildman–Crippen MR) is 45.0 cm³/mol. The van der Waals surface area contributed by atoms with E-state index < -0.39 is 0 Å². The zero-order valence-corrected chi connectivity index (χ0v) is 6.80. The fourth-order valence-corrected chi connectivity index (χ4v) is 0.690. The van der Waals surface area contributed by atoms with Gasteiger partial charge in [0.1, 0.15) is 25.1 Å². The standard InChI is InChI=1S/C9H8O4/c10-3-1-8(6-12)5-9(7-13)2-4-11/h1-4,6-7H,5H2. The second-order valence-corrected chi connectivity index (χ2v) is 2.17. The van der Waals surface area contributed by atoms with Crippen LogP contribution in [0, 0.1) is 0 Å². The Balaban J connectivity index is 4.54. The van der Waals surface area contributed by atoms with E-state index in [1.54, 1.807) is 0 Å². The van der Waals surface area contributed by atoms with Gasteiger partial charge in [-0.2, -0.15) is 0 Å². The van der Waals surface area contributed by atoms with Crippen LogP contribution in [-0.4, -0.2) is 25.1 Å². The third-order valence-electron chi connectivity index (χ3n) is 1.28. The summed E-state index contributed by atoms with van der Waals surface area (Å²) in [7, 11) is 0. The van der Waals surface area contributed by atoms with Gasteiger partial charge in [-0.15, -0.1) is 0 Å². The molecule has 13 heavy (non-hydrogen) atoms. The molecule has 0 aromatic rings. The molecule has 0 aliphatic heterocycles. The van der Waals surface area contributed by atoms with E-state index >= 15 is 0 Å². The second-order valence-electron chi connectivity index (χ2n) is 2.17. The summed E-state index contributed by atoms with van der Waals surface area (Å²) in [5.41, 5.74) is 0.324. The third kappa shape index (κ3) is 4.58. The van der Waals surface area contributed by atoms with Crippen LogP contribution in [-0.2, 0) is 19.2 Å². The van der Waals surface area contributed by atoms with E-state index in [1.165, 1.54) is 0 Å². The van der Waals surface area contributed by atoms with Crippen molar-refractivity contribution in [3.63, 3.8) is 0 Å². The van der Waals surface area contributed by atoms with Crippen LogP contribution < -0.4 is 0 Å². The molecule has 0 rings (SSSR count). The molecule has 0 atom stereocenters. The fraction of sp³-hybridized carbons (Fsp3) is 0.111. The molecule has 68 valence electrons. The Bertz CT molecular complexity index is 245. The van der Waals surface area contributed by atoms with Gasteiger partial charge in [0.05, 0.1) is 0 Å². The molecule has 0 spiro atoms. The van der Waals surface area contributed by atoms with Crippen molar-refractivity contribution in [2.45, 2.75) is 6.42 Å². The molecule has 0 heterocycles. The lowest BCUT2D eigenvalue weighted by molar-refractivity contribution is -0.107. The maximum absolute atomic E-state index is 10.3. The molecule has 4 heteroatoms. The van der Waals surface area contributed by atoms with E-state index in [9.17, 15) is 19.2 Å². The average Bonchev–Trinajstić information content (AvgIpc) is 2.16. The Hall–Kier alpha value is -1.84. The summed E-state index contributed by atoms with van der Waals surface area (Å²) in [6.45, 7) is 0. The van der Waals surface area contributed by atoms with Crippen LogP contribution in [0.2, 0.25) is 0 Å². The SMILES string of the molecule is O=CC=C(C=O)CC(C=O)=CC=O. The van der Waals surface area contributed by atoms with Crippen LogP contribution in [0.1, 0.15) is 6.42 Å². The van der Waals surface area contributed by atoms with Crippen molar-refractivity contribution in [1.29, 1.82) is 0 Å². The molecule has 0 unspecified atom stereocenters. The highest BCUT2D eigenvalue weighted by Crippen LogP contribution is 2.05. The molecule has 0 saturated carbocycles. The number of carbonyl (C=O) groups is 4. The van der Waals surface area contributed by atoms with Gasteiger partial charge in [0, 0.05) is 6.42 Å². The number of rotatable bonds is 6. The quantitative estimate of drug-likeness (QED) is 0.427. The Morgan fingerprint density at radius 3 is 1.38 bits per heavy atom. The number of hydrogen-bond donors (Lipinski definition) is 0. The first kappa shape index (κ1) is 11.2. The minimum atomic E-state index is 0.00444. The first-order chi connectivity index (χ1) is 6.28. The average molecular weight is 180 g/mol. The zero-order valence-electron chi connectivity index (χ0n) is 6.80. The van der Waals surface area contributed by atoms with Gasteiger partial charge < -0.3 is 0 Å². The van der Waals surface area contributed by atoms with Gasteiger partial charge in [-0.05, 0) is 23.3 Å². The van der Waals surface area contributed by atoms with Crippen molar-refractivity contribution in [2.24, 2.45) is 0 Å². The lowest BCUT2D eigenvalue weighted by atomic mass is 10.1. The molecular formula is C9H8O4. The molecule has 0 aliphatic rings. The van der Waals surface area contributed by atoms with Crippen LogP contribution in [0.5, 0.6) is 0 Å². The van der Waals surface area contributed by atoms with Gasteiger partial charge in [-0.3, -0.25) is 19.2 Å². The van der Waals surface area contributed by atoms with E-state index in [0.29, 0.717) is 25.1 Å². The van der Waals surface area contributed by atoms with Crippen molar-refractivity contribution in [2.75, 3.05) is 0 Å². The fourth-order valence-electron chi connectivity index (χ4n) is 0.690. The lowest BCUT2D eigenvalue weighted by Crippen LogP contribution is -1.92. The number of hydrogen-bond acceptors (Lipinski definition) is 4. The highest BCUT2D eigenvalue weighted by molar-refractivity contribution is 5.87. The molecule has 0 aromatic carbocycles. The van der Waals surface area contributed by atoms with Gasteiger partial charge in [0.15, 0.2) is 0 Å². The summed E-state index contributed by atoms with van der Waals surface area (Å²) in [4.78, 5) is 40.6. The van der Waals surface area contributed by atoms with E-state index in [2.05, 4.69) is 0 Å². The highest BCUT2D eigenvalue weighted by Gasteiger charge is 1.99. The summed E-state index contributed by atoms with van der Waals surface area (Å²) in [6, 6.07) is 0. The first-order valence-electron chi connectivity index (χ1n) is 3.47. The summed E-state index contributed by atoms with van der Waals surface area (Å²) in [6.07, 6.45) is 3.95. The largest absolute Gasteiger partial charge is 0.299 e. The number of carbonyl (C=O) groups excluding carboxylic acids is 4. The topological polar surface area (TPSA) is 68.3 Å². The molecule has 0 amide bonds. The zero-order chi connectivity index (χ0) is 10.1. The normalized spacial score (nSPS) is 12.0. The van der Waals surface area contributed by atoms with Crippen LogP contribution in [0.4, 0.5) is 0 Å². The molecule has 0 aromatic heterocycles. The van der Waals surface area contributed by atoms with Crippen LogP contribution in [0.3, 0.4) is 0 Å². The summed E-state index contributed by atoms with van der Waals surface area (Å²) in [5.74, 6) is 0. The summed E-state index contributed by atoms with van der Waals surface area (Å²) in [5, 5.41) is 0. The lowest BCUT2D eigenvalue weighted by Gasteiger charge is -1.95. The van der Waals surface area contributed by atoms with E-state index in [4.69, 9.17) is 0 Å². The van der Waals surface area contributed by atoms with Gasteiger partial charge in [-0.1, -0.05) is 0 Å². The predicted octanol–water partition coefficient (Wildman–Crippen LogP) is 0.0249. The minimum absolute atomic E-state index is 0.00444. The van der Waals surface area contributed by atoms with Crippen LogP contribution >= 0.6 is 0 Å². The Morgan fingerprint density at radius 1 is 0.769 bits per heavy atom. The van der Waals surface area contributed by atoms with Gasteiger partial charge in [0.25, 0.3) is 0 Å². The van der Waals surface area contributed by atoms with Crippen molar-refractivity contribution >= 4 is 25.1 Å². The minimum Gasteiger partial charge on any atom is -0.299 e. The smallest absolute Gasteiger partial charge is 0.146 e. The first-order valence-corrected chi connectivity index (χ1v) is 3.47. The monoisotopic (exact) mass is 180 g/mol. The maximum Gasteiger partial charge on any atom is 0.146 e. The van der Waals surface area contributed by atoms with Crippen molar-refractivity contribution in [3.05, 3.63) is 23.3 Å². The third-order valence-corrected chi connectivity index (χ3v) is 1.28. The van der Waals surface area contributed by atoms with E-state index in [0.717, 1.165) is 12.2 Å². The van der Waals surface area contributed by atoms with Gasteiger partial charge >= 0.3 is 0 Å². The number of aldehydes is 4. The number of allylic oxidation sites excluding steroid dienone is 4. The molecule has 4 nitrogen and oxygen atoms in total. The summed E-state index contributed by atoms with van der Waals surface area (Å²) < 4.78 is 0. The van der Waals surface area contributed by atoms with Crippen molar-refractivity contribution in [3.8, 4) is 0 Å². The maximum atomic E-state index is 10.3. The molecule has 0 radical (unpaired) electrons. The highest BCUT2D eigenvalue weighted by atomic mass is 16.1. The second kappa shape index (κ2) is 6.84. The molecule has 0 N–H and O–H groups in total. The molecule has 0 fully saturated rings. The van der Waals surface area contributed by atoms with Crippen molar-refractivity contribution < 1.29 is 19.2 Å².